The minimum absolute atomic E-state index is 0.437. The molecule has 5 nitrogen and oxygen atoms in total. The normalized spacial score (nSPS) is 30.1. The quantitative estimate of drug-likeness (QED) is 0.855. The Bertz CT molecular complexity index is 485. The third-order valence-electron chi connectivity index (χ3n) is 5.20. The standard InChI is InChI=1S/C15H23N5/c16-15-18-12(10-3-1-4-10)7-14(19-15)20-8-11-5-2-6-17-13(11)9-20/h7,10-11,13,17H,1-6,8-9H2,(H2,16,18,19)/t11-,13?/m1/s1. The van der Waals surface area contributed by atoms with Crippen molar-refractivity contribution < 1.29 is 0 Å². The number of hydrogen-bond donors (Lipinski definition) is 2. The molecule has 2 aliphatic heterocycles. The molecule has 3 heterocycles. The van der Waals surface area contributed by atoms with Gasteiger partial charge in [-0.15, -0.1) is 0 Å². The highest BCUT2D eigenvalue weighted by molar-refractivity contribution is 5.46. The first-order valence-electron chi connectivity index (χ1n) is 7.92. The van der Waals surface area contributed by atoms with Crippen LogP contribution in [0.25, 0.3) is 0 Å². The first-order valence-corrected chi connectivity index (χ1v) is 7.92. The van der Waals surface area contributed by atoms with E-state index in [-0.39, 0.29) is 0 Å². The van der Waals surface area contributed by atoms with Gasteiger partial charge in [0.25, 0.3) is 0 Å². The van der Waals surface area contributed by atoms with Crippen molar-refractivity contribution in [1.29, 1.82) is 0 Å². The van der Waals surface area contributed by atoms with Crippen LogP contribution in [0.1, 0.15) is 43.7 Å². The largest absolute Gasteiger partial charge is 0.368 e. The van der Waals surface area contributed by atoms with Gasteiger partial charge in [-0.2, -0.15) is 4.98 Å². The van der Waals surface area contributed by atoms with E-state index >= 15 is 0 Å². The van der Waals surface area contributed by atoms with Crippen LogP contribution in [0, 0.1) is 5.92 Å². The number of aromatic nitrogens is 2. The van der Waals surface area contributed by atoms with Gasteiger partial charge >= 0.3 is 0 Å². The summed E-state index contributed by atoms with van der Waals surface area (Å²) in [5.41, 5.74) is 7.08. The summed E-state index contributed by atoms with van der Waals surface area (Å²) in [6, 6.07) is 2.81. The molecular weight excluding hydrogens is 250 g/mol. The van der Waals surface area contributed by atoms with E-state index in [9.17, 15) is 0 Å². The molecular formula is C15H23N5. The number of nitrogens with zero attached hydrogens (tertiary/aromatic N) is 3. The van der Waals surface area contributed by atoms with Gasteiger partial charge in [0, 0.05) is 31.1 Å². The summed E-state index contributed by atoms with van der Waals surface area (Å²) >= 11 is 0. The fourth-order valence-electron chi connectivity index (χ4n) is 3.78. The third kappa shape index (κ3) is 2.14. The summed E-state index contributed by atoms with van der Waals surface area (Å²) in [7, 11) is 0. The smallest absolute Gasteiger partial charge is 0.222 e. The average molecular weight is 273 g/mol. The topological polar surface area (TPSA) is 67.1 Å². The molecule has 108 valence electrons. The van der Waals surface area contributed by atoms with Crippen LogP contribution in [-0.4, -0.2) is 35.6 Å². The van der Waals surface area contributed by atoms with Crippen LogP contribution in [-0.2, 0) is 0 Å². The number of nitrogens with two attached hydrogens (primary N) is 1. The maximum Gasteiger partial charge on any atom is 0.222 e. The summed E-state index contributed by atoms with van der Waals surface area (Å²) in [4.78, 5) is 11.3. The lowest BCUT2D eigenvalue weighted by Crippen LogP contribution is -2.40. The van der Waals surface area contributed by atoms with Crippen LogP contribution >= 0.6 is 0 Å². The monoisotopic (exact) mass is 273 g/mol. The SMILES string of the molecule is Nc1nc(C2CCC2)cc(N2CC3NCCC[C@@H]3C2)n1. The van der Waals surface area contributed by atoms with E-state index in [1.165, 1.54) is 32.1 Å². The second-order valence-electron chi connectivity index (χ2n) is 6.50. The van der Waals surface area contributed by atoms with E-state index in [0.717, 1.165) is 37.1 Å². The van der Waals surface area contributed by atoms with Gasteiger partial charge in [-0.25, -0.2) is 4.98 Å². The van der Waals surface area contributed by atoms with Crippen molar-refractivity contribution in [1.82, 2.24) is 15.3 Å². The van der Waals surface area contributed by atoms with E-state index in [0.29, 0.717) is 17.9 Å². The number of nitrogens with one attached hydrogen (secondary N) is 1. The van der Waals surface area contributed by atoms with Gasteiger partial charge in [0.1, 0.15) is 5.82 Å². The zero-order valence-electron chi connectivity index (χ0n) is 11.9. The summed E-state index contributed by atoms with van der Waals surface area (Å²) < 4.78 is 0. The van der Waals surface area contributed by atoms with E-state index in [2.05, 4.69) is 26.3 Å². The molecule has 0 spiro atoms. The minimum atomic E-state index is 0.437. The van der Waals surface area contributed by atoms with Crippen LogP contribution in [0.15, 0.2) is 6.07 Å². The van der Waals surface area contributed by atoms with Crippen molar-refractivity contribution in [3.05, 3.63) is 11.8 Å². The van der Waals surface area contributed by atoms with Crippen LogP contribution in [0.4, 0.5) is 11.8 Å². The second-order valence-corrected chi connectivity index (χ2v) is 6.50. The molecule has 4 rings (SSSR count). The fourth-order valence-corrected chi connectivity index (χ4v) is 3.78. The fraction of sp³-hybridized carbons (Fsp3) is 0.733. The van der Waals surface area contributed by atoms with Gasteiger partial charge in [0.05, 0.1) is 5.69 Å². The average Bonchev–Trinajstić information content (AvgIpc) is 2.79. The van der Waals surface area contributed by atoms with E-state index in [1.54, 1.807) is 0 Å². The number of piperidine rings is 1. The molecule has 3 N–H and O–H groups in total. The number of rotatable bonds is 2. The molecule has 1 unspecified atom stereocenters. The molecule has 1 saturated carbocycles. The third-order valence-corrected chi connectivity index (χ3v) is 5.20. The van der Waals surface area contributed by atoms with Crippen LogP contribution in [0.5, 0.6) is 0 Å². The molecule has 0 bridgehead atoms. The van der Waals surface area contributed by atoms with Crippen molar-refractivity contribution >= 4 is 11.8 Å². The molecule has 0 aromatic carbocycles. The molecule has 0 amide bonds. The Hall–Kier alpha value is -1.36. The Morgan fingerprint density at radius 3 is 2.80 bits per heavy atom. The minimum Gasteiger partial charge on any atom is -0.368 e. The van der Waals surface area contributed by atoms with Crippen LogP contribution in [0.2, 0.25) is 0 Å². The molecule has 20 heavy (non-hydrogen) atoms. The van der Waals surface area contributed by atoms with E-state index < -0.39 is 0 Å². The summed E-state index contributed by atoms with van der Waals surface area (Å²) in [6.45, 7) is 3.33. The maximum atomic E-state index is 5.93. The predicted octanol–water partition coefficient (Wildman–Crippen LogP) is 1.51. The van der Waals surface area contributed by atoms with Crippen LogP contribution in [0.3, 0.4) is 0 Å². The second kappa shape index (κ2) is 4.88. The lowest BCUT2D eigenvalue weighted by molar-refractivity contribution is 0.340. The molecule has 1 aromatic rings. The van der Waals surface area contributed by atoms with Crippen LogP contribution < -0.4 is 16.0 Å². The van der Waals surface area contributed by atoms with Gasteiger partial charge in [-0.3, -0.25) is 0 Å². The summed E-state index contributed by atoms with van der Waals surface area (Å²) in [6.07, 6.45) is 6.46. The molecule has 3 aliphatic rings. The van der Waals surface area contributed by atoms with Crippen molar-refractivity contribution in [3.8, 4) is 0 Å². The van der Waals surface area contributed by atoms with E-state index in [1.807, 2.05) is 0 Å². The zero-order valence-corrected chi connectivity index (χ0v) is 11.9. The van der Waals surface area contributed by atoms with Crippen molar-refractivity contribution in [2.24, 2.45) is 5.92 Å². The zero-order chi connectivity index (χ0) is 13.5. The number of fused-ring (bicyclic) bond motifs is 1. The Balaban J connectivity index is 1.57. The van der Waals surface area contributed by atoms with Crippen molar-refractivity contribution in [3.63, 3.8) is 0 Å². The number of nitrogen functional groups attached to an aromatic ring is 1. The van der Waals surface area contributed by atoms with Gasteiger partial charge < -0.3 is 16.0 Å². The molecule has 0 radical (unpaired) electrons. The van der Waals surface area contributed by atoms with E-state index in [4.69, 9.17) is 5.73 Å². The first-order chi connectivity index (χ1) is 9.79. The molecule has 2 saturated heterocycles. The molecule has 1 aromatic heterocycles. The predicted molar refractivity (Wildman–Crippen MR) is 79.8 cm³/mol. The van der Waals surface area contributed by atoms with Gasteiger partial charge in [0.2, 0.25) is 5.95 Å². The maximum absolute atomic E-state index is 5.93. The summed E-state index contributed by atoms with van der Waals surface area (Å²) in [5.74, 6) is 2.86. The number of anilines is 2. The Labute approximate surface area is 120 Å². The van der Waals surface area contributed by atoms with Crippen molar-refractivity contribution in [2.75, 3.05) is 30.3 Å². The Morgan fingerprint density at radius 2 is 2.05 bits per heavy atom. The Morgan fingerprint density at radius 1 is 1.15 bits per heavy atom. The molecule has 2 atom stereocenters. The first kappa shape index (κ1) is 12.4. The highest BCUT2D eigenvalue weighted by Crippen LogP contribution is 2.37. The van der Waals surface area contributed by atoms with Gasteiger partial charge in [-0.1, -0.05) is 6.42 Å². The lowest BCUT2D eigenvalue weighted by Gasteiger charge is -2.26. The highest BCUT2D eigenvalue weighted by atomic mass is 15.3. The molecule has 3 fully saturated rings. The number of hydrogen-bond acceptors (Lipinski definition) is 5. The van der Waals surface area contributed by atoms with Crippen molar-refractivity contribution in [2.45, 2.75) is 44.1 Å². The van der Waals surface area contributed by atoms with Gasteiger partial charge in [-0.05, 0) is 38.1 Å². The summed E-state index contributed by atoms with van der Waals surface area (Å²) in [5, 5.41) is 3.64. The Kier molecular flexibility index (Phi) is 3.02. The lowest BCUT2D eigenvalue weighted by atomic mass is 9.83. The molecule has 5 heteroatoms. The highest BCUT2D eigenvalue weighted by Gasteiger charge is 2.35. The molecule has 1 aliphatic carbocycles. The van der Waals surface area contributed by atoms with Gasteiger partial charge in [0.15, 0.2) is 0 Å².